The van der Waals surface area contributed by atoms with Gasteiger partial charge in [-0.05, 0) is 18.4 Å². The number of aromatic nitrogens is 2. The minimum Gasteiger partial charge on any atom is -0.271 e. The van der Waals surface area contributed by atoms with E-state index in [4.69, 9.17) is 17.4 Å². The topological polar surface area (TPSA) is 55.9 Å². The van der Waals surface area contributed by atoms with Gasteiger partial charge >= 0.3 is 0 Å². The number of nitrogens with zero attached hydrogens (tertiary/aromatic N) is 2. The Kier molecular flexibility index (Phi) is 4.96. The van der Waals surface area contributed by atoms with Crippen LogP contribution >= 0.6 is 11.6 Å². The molecule has 102 valence electrons. The summed E-state index contributed by atoms with van der Waals surface area (Å²) in [5.41, 5.74) is 5.01. The SMILES string of the molecule is CCCn1ncc(Cl)c1C(Cc1ccccc1)NN. The number of hydrogen-bond donors (Lipinski definition) is 2. The standard InChI is InChI=1S/C14H19ClN4/c1-2-8-19-14(12(15)10-17-19)13(18-16)9-11-6-4-3-5-7-11/h3-7,10,13,18H,2,8-9,16H2,1H3. The first kappa shape index (κ1) is 14.1. The molecule has 3 N–H and O–H groups in total. The fraction of sp³-hybridized carbons (Fsp3) is 0.357. The third-order valence-corrected chi connectivity index (χ3v) is 3.37. The fourth-order valence-electron chi connectivity index (χ4n) is 2.19. The molecule has 0 bridgehead atoms. The Morgan fingerprint density at radius 2 is 2.11 bits per heavy atom. The maximum Gasteiger partial charge on any atom is 0.0834 e. The Morgan fingerprint density at radius 1 is 1.37 bits per heavy atom. The summed E-state index contributed by atoms with van der Waals surface area (Å²) in [6, 6.07) is 10.2. The summed E-state index contributed by atoms with van der Waals surface area (Å²) in [7, 11) is 0. The van der Waals surface area contributed by atoms with Crippen molar-refractivity contribution in [1.82, 2.24) is 15.2 Å². The lowest BCUT2D eigenvalue weighted by atomic mass is 10.0. The molecule has 1 aromatic heterocycles. The number of aryl methyl sites for hydroxylation is 1. The molecule has 0 radical (unpaired) electrons. The Bertz CT molecular complexity index is 509. The normalized spacial score (nSPS) is 12.6. The average molecular weight is 279 g/mol. The largest absolute Gasteiger partial charge is 0.271 e. The highest BCUT2D eigenvalue weighted by Gasteiger charge is 2.19. The minimum atomic E-state index is -0.0380. The van der Waals surface area contributed by atoms with Gasteiger partial charge in [0.15, 0.2) is 0 Å². The predicted octanol–water partition coefficient (Wildman–Crippen LogP) is 2.69. The summed E-state index contributed by atoms with van der Waals surface area (Å²) < 4.78 is 1.93. The van der Waals surface area contributed by atoms with Gasteiger partial charge in [0.25, 0.3) is 0 Å². The van der Waals surface area contributed by atoms with Crippen molar-refractivity contribution in [2.24, 2.45) is 5.84 Å². The van der Waals surface area contributed by atoms with Crippen molar-refractivity contribution in [3.8, 4) is 0 Å². The molecule has 2 aromatic rings. The zero-order valence-corrected chi connectivity index (χ0v) is 11.8. The summed E-state index contributed by atoms with van der Waals surface area (Å²) >= 11 is 6.24. The lowest BCUT2D eigenvalue weighted by molar-refractivity contribution is 0.478. The van der Waals surface area contributed by atoms with Crippen molar-refractivity contribution in [3.05, 3.63) is 52.8 Å². The van der Waals surface area contributed by atoms with E-state index in [1.165, 1.54) is 5.56 Å². The summed E-state index contributed by atoms with van der Waals surface area (Å²) in [4.78, 5) is 0. The molecule has 1 atom stereocenters. The van der Waals surface area contributed by atoms with E-state index in [9.17, 15) is 0 Å². The van der Waals surface area contributed by atoms with Crippen LogP contribution in [-0.4, -0.2) is 9.78 Å². The van der Waals surface area contributed by atoms with Crippen molar-refractivity contribution in [2.45, 2.75) is 32.4 Å². The molecule has 0 fully saturated rings. The molecule has 0 aliphatic rings. The van der Waals surface area contributed by atoms with Gasteiger partial charge in [0, 0.05) is 6.54 Å². The maximum absolute atomic E-state index is 6.24. The minimum absolute atomic E-state index is 0.0380. The van der Waals surface area contributed by atoms with Crippen LogP contribution in [0.4, 0.5) is 0 Å². The van der Waals surface area contributed by atoms with Gasteiger partial charge in [-0.3, -0.25) is 16.0 Å². The first-order valence-electron chi connectivity index (χ1n) is 6.47. The van der Waals surface area contributed by atoms with Crippen LogP contribution in [0.1, 0.15) is 30.6 Å². The second-order valence-corrected chi connectivity index (χ2v) is 4.92. The highest BCUT2D eigenvalue weighted by molar-refractivity contribution is 6.31. The first-order chi connectivity index (χ1) is 9.26. The number of hydrazine groups is 1. The van der Waals surface area contributed by atoms with Crippen LogP contribution in [0.3, 0.4) is 0 Å². The smallest absolute Gasteiger partial charge is 0.0834 e. The van der Waals surface area contributed by atoms with Gasteiger partial charge in [0.2, 0.25) is 0 Å². The molecule has 1 heterocycles. The van der Waals surface area contributed by atoms with Crippen molar-refractivity contribution in [2.75, 3.05) is 0 Å². The second-order valence-electron chi connectivity index (χ2n) is 4.51. The number of hydrogen-bond acceptors (Lipinski definition) is 3. The van der Waals surface area contributed by atoms with Crippen molar-refractivity contribution >= 4 is 11.6 Å². The Labute approximate surface area is 118 Å². The van der Waals surface area contributed by atoms with E-state index in [-0.39, 0.29) is 6.04 Å². The fourth-order valence-corrected chi connectivity index (χ4v) is 2.47. The molecule has 5 heteroatoms. The van der Waals surface area contributed by atoms with Gasteiger partial charge < -0.3 is 0 Å². The summed E-state index contributed by atoms with van der Waals surface area (Å²) in [5, 5.41) is 4.96. The zero-order valence-electron chi connectivity index (χ0n) is 11.0. The molecule has 0 saturated heterocycles. The summed E-state index contributed by atoms with van der Waals surface area (Å²) in [6.07, 6.45) is 3.47. The zero-order chi connectivity index (χ0) is 13.7. The van der Waals surface area contributed by atoms with Crippen molar-refractivity contribution < 1.29 is 0 Å². The highest BCUT2D eigenvalue weighted by Crippen LogP contribution is 2.25. The van der Waals surface area contributed by atoms with Gasteiger partial charge in [-0.15, -0.1) is 0 Å². The van der Waals surface area contributed by atoms with Crippen LogP contribution in [-0.2, 0) is 13.0 Å². The van der Waals surface area contributed by atoms with E-state index in [1.807, 2.05) is 22.9 Å². The van der Waals surface area contributed by atoms with Gasteiger partial charge in [-0.1, -0.05) is 48.9 Å². The van der Waals surface area contributed by atoms with E-state index in [2.05, 4.69) is 29.6 Å². The molecular formula is C14H19ClN4. The van der Waals surface area contributed by atoms with E-state index < -0.39 is 0 Å². The summed E-state index contributed by atoms with van der Waals surface area (Å²) in [5.74, 6) is 5.70. The molecule has 1 unspecified atom stereocenters. The summed E-state index contributed by atoms with van der Waals surface area (Å²) in [6.45, 7) is 2.95. The molecule has 4 nitrogen and oxygen atoms in total. The van der Waals surface area contributed by atoms with E-state index in [0.29, 0.717) is 5.02 Å². The Hall–Kier alpha value is -1.36. The number of nitrogens with two attached hydrogens (primary N) is 1. The average Bonchev–Trinajstić information content (AvgIpc) is 2.79. The Morgan fingerprint density at radius 3 is 2.74 bits per heavy atom. The molecule has 0 aliphatic carbocycles. The van der Waals surface area contributed by atoms with Crippen LogP contribution in [0.25, 0.3) is 0 Å². The van der Waals surface area contributed by atoms with Crippen molar-refractivity contribution in [3.63, 3.8) is 0 Å². The third kappa shape index (κ3) is 3.35. The van der Waals surface area contributed by atoms with Crippen LogP contribution in [0, 0.1) is 0 Å². The third-order valence-electron chi connectivity index (χ3n) is 3.08. The molecule has 2 rings (SSSR count). The Balaban J connectivity index is 2.24. The van der Waals surface area contributed by atoms with E-state index in [1.54, 1.807) is 6.20 Å². The van der Waals surface area contributed by atoms with Gasteiger partial charge in [0.1, 0.15) is 0 Å². The molecule has 0 amide bonds. The van der Waals surface area contributed by atoms with Crippen LogP contribution in [0.5, 0.6) is 0 Å². The van der Waals surface area contributed by atoms with E-state index >= 15 is 0 Å². The van der Waals surface area contributed by atoms with Gasteiger partial charge in [-0.25, -0.2) is 0 Å². The molecule has 0 spiro atoms. The van der Waals surface area contributed by atoms with Crippen LogP contribution < -0.4 is 11.3 Å². The maximum atomic E-state index is 6.24. The van der Waals surface area contributed by atoms with Crippen molar-refractivity contribution in [1.29, 1.82) is 0 Å². The predicted molar refractivity (Wildman–Crippen MR) is 77.7 cm³/mol. The molecule has 1 aromatic carbocycles. The second kappa shape index (κ2) is 6.70. The first-order valence-corrected chi connectivity index (χ1v) is 6.85. The number of nitrogens with one attached hydrogen (secondary N) is 1. The number of rotatable bonds is 6. The quantitative estimate of drug-likeness (QED) is 0.631. The van der Waals surface area contributed by atoms with Crippen LogP contribution in [0.15, 0.2) is 36.5 Å². The highest BCUT2D eigenvalue weighted by atomic mass is 35.5. The van der Waals surface area contributed by atoms with Gasteiger partial charge in [0.05, 0.1) is 23.0 Å². The molecule has 19 heavy (non-hydrogen) atoms. The number of benzene rings is 1. The number of halogens is 1. The lowest BCUT2D eigenvalue weighted by Gasteiger charge is -2.18. The molecular weight excluding hydrogens is 260 g/mol. The molecule has 0 saturated carbocycles. The molecule has 0 aliphatic heterocycles. The lowest BCUT2D eigenvalue weighted by Crippen LogP contribution is -2.31. The monoisotopic (exact) mass is 278 g/mol. The van der Waals surface area contributed by atoms with E-state index in [0.717, 1.165) is 25.1 Å². The van der Waals surface area contributed by atoms with Crippen LogP contribution in [0.2, 0.25) is 5.02 Å². The van der Waals surface area contributed by atoms with Gasteiger partial charge in [-0.2, -0.15) is 5.10 Å².